The second-order valence-electron chi connectivity index (χ2n) is 5.23. The van der Waals surface area contributed by atoms with Crippen LogP contribution in [0.2, 0.25) is 0 Å². The first-order valence-electron chi connectivity index (χ1n) is 6.44. The van der Waals surface area contributed by atoms with E-state index in [9.17, 15) is 9.90 Å². The molecule has 0 radical (unpaired) electrons. The third-order valence-corrected chi connectivity index (χ3v) is 3.91. The van der Waals surface area contributed by atoms with Crippen LogP contribution in [-0.2, 0) is 4.74 Å². The zero-order valence-corrected chi connectivity index (χ0v) is 10.6. The fourth-order valence-corrected chi connectivity index (χ4v) is 2.80. The topological polar surface area (TPSA) is 61.8 Å². The molecule has 0 aliphatic carbocycles. The molecule has 0 aromatic carbocycles. The lowest BCUT2D eigenvalue weighted by Gasteiger charge is -2.42. The summed E-state index contributed by atoms with van der Waals surface area (Å²) in [6, 6.07) is 0.0675. The van der Waals surface area contributed by atoms with Gasteiger partial charge in [0.15, 0.2) is 0 Å². The van der Waals surface area contributed by atoms with Gasteiger partial charge < -0.3 is 15.2 Å². The summed E-state index contributed by atoms with van der Waals surface area (Å²) in [4.78, 5) is 13.8. The summed E-state index contributed by atoms with van der Waals surface area (Å²) >= 11 is 0. The smallest absolute Gasteiger partial charge is 0.410 e. The van der Waals surface area contributed by atoms with E-state index in [1.807, 2.05) is 6.92 Å². The lowest BCUT2D eigenvalue weighted by atomic mass is 9.96. The van der Waals surface area contributed by atoms with E-state index < -0.39 is 11.6 Å². The molecule has 0 aromatic heterocycles. The Hall–Kier alpha value is -0.810. The zero-order chi connectivity index (χ0) is 12.5. The number of aliphatic hydroxyl groups is 1. The predicted molar refractivity (Wildman–Crippen MR) is 63.8 cm³/mol. The Kier molecular flexibility index (Phi) is 3.58. The average Bonchev–Trinajstić information content (AvgIpc) is 2.42. The highest BCUT2D eigenvalue weighted by molar-refractivity contribution is 5.70. The van der Waals surface area contributed by atoms with Crippen LogP contribution in [0.3, 0.4) is 0 Å². The molecule has 17 heavy (non-hydrogen) atoms. The number of ether oxygens (including phenoxy) is 1. The number of carbonyl (C=O) groups excluding carboxylic acids is 1. The molecule has 5 heteroatoms. The summed E-state index contributed by atoms with van der Waals surface area (Å²) in [5.74, 6) is 0. The van der Waals surface area contributed by atoms with Crippen molar-refractivity contribution in [3.63, 3.8) is 0 Å². The number of piperazine rings is 1. The lowest BCUT2D eigenvalue weighted by Crippen LogP contribution is -2.63. The number of nitrogens with one attached hydrogen (secondary N) is 1. The monoisotopic (exact) mass is 242 g/mol. The zero-order valence-electron chi connectivity index (χ0n) is 10.6. The van der Waals surface area contributed by atoms with Gasteiger partial charge in [-0.2, -0.15) is 0 Å². The average molecular weight is 242 g/mol. The summed E-state index contributed by atoms with van der Waals surface area (Å²) in [6.07, 6.45) is 1.82. The fourth-order valence-electron chi connectivity index (χ4n) is 2.80. The number of carbonyl (C=O) groups is 1. The highest BCUT2D eigenvalue weighted by Gasteiger charge is 2.54. The molecule has 2 N–H and O–H groups in total. The molecule has 5 nitrogen and oxygen atoms in total. The van der Waals surface area contributed by atoms with Gasteiger partial charge in [0.05, 0.1) is 24.3 Å². The number of hydrogen-bond donors (Lipinski definition) is 2. The first-order valence-corrected chi connectivity index (χ1v) is 6.44. The molecule has 3 atom stereocenters. The number of amides is 1. The van der Waals surface area contributed by atoms with Gasteiger partial charge in [0.1, 0.15) is 0 Å². The Morgan fingerprint density at radius 3 is 3.06 bits per heavy atom. The van der Waals surface area contributed by atoms with Crippen molar-refractivity contribution in [2.45, 2.75) is 50.8 Å². The minimum Gasteiger partial charge on any atom is -0.449 e. The van der Waals surface area contributed by atoms with Crippen molar-refractivity contribution >= 4 is 6.09 Å². The van der Waals surface area contributed by atoms with Crippen LogP contribution < -0.4 is 5.32 Å². The Morgan fingerprint density at radius 1 is 1.65 bits per heavy atom. The summed E-state index contributed by atoms with van der Waals surface area (Å²) < 4.78 is 5.26. The van der Waals surface area contributed by atoms with Crippen molar-refractivity contribution in [2.75, 3.05) is 19.7 Å². The predicted octanol–water partition coefficient (Wildman–Crippen LogP) is 0.720. The van der Waals surface area contributed by atoms with Crippen LogP contribution >= 0.6 is 0 Å². The van der Waals surface area contributed by atoms with E-state index in [1.165, 1.54) is 0 Å². The molecule has 2 bridgehead atoms. The van der Waals surface area contributed by atoms with Gasteiger partial charge in [-0.3, -0.25) is 4.90 Å². The maximum Gasteiger partial charge on any atom is 0.410 e. The van der Waals surface area contributed by atoms with E-state index in [1.54, 1.807) is 4.90 Å². The molecule has 3 unspecified atom stereocenters. The van der Waals surface area contributed by atoms with Crippen molar-refractivity contribution in [2.24, 2.45) is 0 Å². The van der Waals surface area contributed by atoms with Crippen LogP contribution in [0.15, 0.2) is 0 Å². The molecule has 0 spiro atoms. The quantitative estimate of drug-likeness (QED) is 0.716. The van der Waals surface area contributed by atoms with Gasteiger partial charge in [0.2, 0.25) is 0 Å². The summed E-state index contributed by atoms with van der Waals surface area (Å²) in [6.45, 7) is 5.83. The number of nitrogens with zero attached hydrogens (tertiary/aromatic N) is 1. The molecule has 98 valence electrons. The van der Waals surface area contributed by atoms with Gasteiger partial charge in [-0.1, -0.05) is 13.3 Å². The second kappa shape index (κ2) is 4.82. The number of hydrogen-bond acceptors (Lipinski definition) is 4. The molecular weight excluding hydrogens is 220 g/mol. The minimum atomic E-state index is -0.508. The maximum atomic E-state index is 12.0. The number of unbranched alkanes of at least 4 members (excludes halogenated alkanes) is 1. The summed E-state index contributed by atoms with van der Waals surface area (Å²) in [5, 5.41) is 13.3. The molecule has 2 aliphatic heterocycles. The fraction of sp³-hybridized carbons (Fsp3) is 0.917. The van der Waals surface area contributed by atoms with Crippen molar-refractivity contribution in [1.82, 2.24) is 10.2 Å². The maximum absolute atomic E-state index is 12.0. The third-order valence-electron chi connectivity index (χ3n) is 3.91. The van der Waals surface area contributed by atoms with E-state index in [0.717, 1.165) is 19.4 Å². The molecule has 2 rings (SSSR count). The van der Waals surface area contributed by atoms with E-state index >= 15 is 0 Å². The van der Waals surface area contributed by atoms with Crippen molar-refractivity contribution in [1.29, 1.82) is 0 Å². The van der Waals surface area contributed by atoms with E-state index in [2.05, 4.69) is 12.2 Å². The first-order chi connectivity index (χ1) is 8.09. The van der Waals surface area contributed by atoms with Crippen molar-refractivity contribution in [3.8, 4) is 0 Å². The Balaban J connectivity index is 2.02. The Morgan fingerprint density at radius 2 is 2.41 bits per heavy atom. The van der Waals surface area contributed by atoms with Crippen molar-refractivity contribution in [3.05, 3.63) is 0 Å². The standard InChI is InChI=1S/C12H22N2O3/c1-3-4-5-17-11(16)14-9-6-10(15)12(14,2)8-13-7-9/h9-10,13,15H,3-8H2,1-2H3. The van der Waals surface area contributed by atoms with Crippen molar-refractivity contribution < 1.29 is 14.6 Å². The van der Waals surface area contributed by atoms with Gasteiger partial charge in [0, 0.05) is 13.1 Å². The SMILES string of the molecule is CCCCOC(=O)N1C2CNCC1(C)C(O)C2. The van der Waals surface area contributed by atoms with Gasteiger partial charge in [-0.25, -0.2) is 4.79 Å². The highest BCUT2D eigenvalue weighted by atomic mass is 16.6. The normalized spacial score (nSPS) is 36.1. The van der Waals surface area contributed by atoms with Crippen LogP contribution in [0.25, 0.3) is 0 Å². The Bertz CT molecular complexity index is 297. The first kappa shape index (κ1) is 12.6. The molecule has 2 aliphatic rings. The second-order valence-corrected chi connectivity index (χ2v) is 5.23. The van der Waals surface area contributed by atoms with E-state index in [0.29, 0.717) is 19.6 Å². The molecule has 2 fully saturated rings. The summed E-state index contributed by atoms with van der Waals surface area (Å²) in [7, 11) is 0. The largest absolute Gasteiger partial charge is 0.449 e. The number of aliphatic hydroxyl groups excluding tert-OH is 1. The molecule has 0 saturated carbocycles. The third kappa shape index (κ3) is 2.13. The van der Waals surface area contributed by atoms with E-state index in [4.69, 9.17) is 4.74 Å². The van der Waals surface area contributed by atoms with Gasteiger partial charge >= 0.3 is 6.09 Å². The van der Waals surface area contributed by atoms with Crippen LogP contribution in [0.5, 0.6) is 0 Å². The molecule has 2 saturated heterocycles. The van der Waals surface area contributed by atoms with Crippen LogP contribution in [0.1, 0.15) is 33.1 Å². The van der Waals surface area contributed by atoms with Crippen LogP contribution in [-0.4, -0.2) is 53.5 Å². The highest BCUT2D eigenvalue weighted by Crippen LogP contribution is 2.36. The molecule has 0 aromatic rings. The van der Waals surface area contributed by atoms with Gasteiger partial charge in [-0.15, -0.1) is 0 Å². The molecule has 1 amide bonds. The molecular formula is C12H22N2O3. The van der Waals surface area contributed by atoms with Crippen LogP contribution in [0, 0.1) is 0 Å². The van der Waals surface area contributed by atoms with Crippen LogP contribution in [0.4, 0.5) is 4.79 Å². The van der Waals surface area contributed by atoms with Gasteiger partial charge in [-0.05, 0) is 19.8 Å². The van der Waals surface area contributed by atoms with Gasteiger partial charge in [0.25, 0.3) is 0 Å². The Labute approximate surface area is 102 Å². The summed E-state index contributed by atoms with van der Waals surface area (Å²) in [5.41, 5.74) is -0.508. The minimum absolute atomic E-state index is 0.0675. The number of rotatable bonds is 3. The molecule has 2 heterocycles. The lowest BCUT2D eigenvalue weighted by molar-refractivity contribution is 0.00860. The van der Waals surface area contributed by atoms with E-state index in [-0.39, 0.29) is 12.1 Å². The number of fused-ring (bicyclic) bond motifs is 2.